The smallest absolute Gasteiger partial charge is 0.345 e. The third-order valence-electron chi connectivity index (χ3n) is 4.22. The van der Waals surface area contributed by atoms with Crippen molar-refractivity contribution in [2.45, 2.75) is 0 Å². The zero-order valence-corrected chi connectivity index (χ0v) is 13.9. The Morgan fingerprint density at radius 3 is 2.59 bits per heavy atom. The standard InChI is InChI=1S/C19H12N6O2/c26-19-14(10-12-6-4-5-9-16(12)27-19)17-15(18-20-23-24-21-18)11-25(22-17)13-7-2-1-3-8-13/h1-11H,(H,20,21,23,24). The average molecular weight is 356 g/mol. The minimum atomic E-state index is -0.475. The Bertz CT molecular complexity index is 1290. The van der Waals surface area contributed by atoms with Gasteiger partial charge in [-0.1, -0.05) is 36.4 Å². The Hall–Kier alpha value is -4.07. The summed E-state index contributed by atoms with van der Waals surface area (Å²) in [6.45, 7) is 0. The van der Waals surface area contributed by atoms with E-state index >= 15 is 0 Å². The van der Waals surface area contributed by atoms with Crippen molar-refractivity contribution >= 4 is 11.0 Å². The number of tetrazole rings is 1. The number of aromatic nitrogens is 6. The molecule has 1 N–H and O–H groups in total. The van der Waals surface area contributed by atoms with Crippen LogP contribution in [0, 0.1) is 0 Å². The topological polar surface area (TPSA) is 102 Å². The first kappa shape index (κ1) is 15.2. The van der Waals surface area contributed by atoms with E-state index in [9.17, 15) is 4.79 Å². The van der Waals surface area contributed by atoms with Gasteiger partial charge in [0.05, 0.1) is 16.8 Å². The average Bonchev–Trinajstić information content (AvgIpc) is 3.38. The molecule has 0 radical (unpaired) electrons. The summed E-state index contributed by atoms with van der Waals surface area (Å²) in [5, 5.41) is 19.5. The normalized spacial score (nSPS) is 11.1. The van der Waals surface area contributed by atoms with Gasteiger partial charge in [0.1, 0.15) is 11.3 Å². The van der Waals surface area contributed by atoms with Crippen molar-refractivity contribution in [1.82, 2.24) is 30.4 Å². The Morgan fingerprint density at radius 1 is 0.963 bits per heavy atom. The molecule has 0 amide bonds. The van der Waals surface area contributed by atoms with Crippen LogP contribution in [-0.4, -0.2) is 30.4 Å². The highest BCUT2D eigenvalue weighted by Crippen LogP contribution is 2.29. The maximum Gasteiger partial charge on any atom is 0.345 e. The van der Waals surface area contributed by atoms with Crippen LogP contribution < -0.4 is 5.63 Å². The van der Waals surface area contributed by atoms with Gasteiger partial charge in [-0.15, -0.1) is 10.2 Å². The van der Waals surface area contributed by atoms with E-state index in [2.05, 4.69) is 25.7 Å². The number of fused-ring (bicyclic) bond motifs is 1. The summed E-state index contributed by atoms with van der Waals surface area (Å²) in [6.07, 6.45) is 1.77. The zero-order valence-electron chi connectivity index (χ0n) is 13.9. The predicted octanol–water partition coefficient (Wildman–Crippen LogP) is 2.83. The molecule has 0 aliphatic rings. The molecule has 3 heterocycles. The number of hydrogen-bond acceptors (Lipinski definition) is 6. The van der Waals surface area contributed by atoms with Gasteiger partial charge >= 0.3 is 5.63 Å². The minimum absolute atomic E-state index is 0.336. The maximum atomic E-state index is 12.6. The number of hydrogen-bond donors (Lipinski definition) is 1. The van der Waals surface area contributed by atoms with E-state index in [0.29, 0.717) is 28.2 Å². The SMILES string of the molecule is O=c1oc2ccccc2cc1-c1nn(-c2ccccc2)cc1-c1nn[nH]n1. The molecule has 5 rings (SSSR count). The van der Waals surface area contributed by atoms with Crippen molar-refractivity contribution in [3.63, 3.8) is 0 Å². The molecular formula is C19H12N6O2. The second kappa shape index (κ2) is 6.03. The predicted molar refractivity (Wildman–Crippen MR) is 98.2 cm³/mol. The number of H-pyrrole nitrogens is 1. The van der Waals surface area contributed by atoms with Gasteiger partial charge in [0, 0.05) is 11.6 Å². The van der Waals surface area contributed by atoms with Crippen molar-refractivity contribution in [3.05, 3.63) is 77.3 Å². The van der Waals surface area contributed by atoms with Crippen LogP contribution in [0.4, 0.5) is 0 Å². The highest BCUT2D eigenvalue weighted by molar-refractivity contribution is 5.84. The van der Waals surface area contributed by atoms with Gasteiger partial charge in [0.15, 0.2) is 0 Å². The van der Waals surface area contributed by atoms with Crippen molar-refractivity contribution in [2.24, 2.45) is 0 Å². The van der Waals surface area contributed by atoms with Gasteiger partial charge in [0.25, 0.3) is 0 Å². The molecule has 0 aliphatic carbocycles. The summed E-state index contributed by atoms with van der Waals surface area (Å²) in [5.41, 5.74) is 2.24. The molecule has 0 atom stereocenters. The molecule has 8 nitrogen and oxygen atoms in total. The number of aromatic amines is 1. The Morgan fingerprint density at radius 2 is 1.78 bits per heavy atom. The minimum Gasteiger partial charge on any atom is -0.422 e. The van der Waals surface area contributed by atoms with Crippen LogP contribution in [0.15, 0.2) is 76.1 Å². The van der Waals surface area contributed by atoms with E-state index in [1.807, 2.05) is 48.5 Å². The lowest BCUT2D eigenvalue weighted by Gasteiger charge is -2.01. The number of nitrogens with one attached hydrogen (secondary N) is 1. The molecule has 0 spiro atoms. The van der Waals surface area contributed by atoms with Crippen molar-refractivity contribution in [2.75, 3.05) is 0 Å². The molecule has 0 aliphatic heterocycles. The van der Waals surface area contributed by atoms with Gasteiger partial charge in [0.2, 0.25) is 5.82 Å². The molecule has 27 heavy (non-hydrogen) atoms. The Kier molecular flexibility index (Phi) is 3.39. The van der Waals surface area contributed by atoms with E-state index in [1.165, 1.54) is 0 Å². The lowest BCUT2D eigenvalue weighted by Crippen LogP contribution is -2.04. The molecule has 0 fully saturated rings. The van der Waals surface area contributed by atoms with Crippen LogP contribution in [0.2, 0.25) is 0 Å². The van der Waals surface area contributed by atoms with Crippen LogP contribution in [0.3, 0.4) is 0 Å². The molecule has 0 saturated carbocycles. The van der Waals surface area contributed by atoms with E-state index in [0.717, 1.165) is 11.1 Å². The van der Waals surface area contributed by atoms with E-state index < -0.39 is 5.63 Å². The lowest BCUT2D eigenvalue weighted by atomic mass is 10.1. The van der Waals surface area contributed by atoms with Gasteiger partial charge in [-0.2, -0.15) is 10.3 Å². The number of nitrogens with zero attached hydrogens (tertiary/aromatic N) is 5. The van der Waals surface area contributed by atoms with Crippen LogP contribution >= 0.6 is 0 Å². The molecule has 3 aromatic heterocycles. The first-order valence-corrected chi connectivity index (χ1v) is 8.22. The maximum absolute atomic E-state index is 12.6. The number of benzene rings is 2. The summed E-state index contributed by atoms with van der Waals surface area (Å²) >= 11 is 0. The summed E-state index contributed by atoms with van der Waals surface area (Å²) in [4.78, 5) is 12.6. The summed E-state index contributed by atoms with van der Waals surface area (Å²) in [7, 11) is 0. The van der Waals surface area contributed by atoms with Gasteiger partial charge in [-0.05, 0) is 29.5 Å². The van der Waals surface area contributed by atoms with Crippen LogP contribution in [-0.2, 0) is 0 Å². The third kappa shape index (κ3) is 2.60. The third-order valence-corrected chi connectivity index (χ3v) is 4.22. The fourth-order valence-electron chi connectivity index (χ4n) is 2.95. The van der Waals surface area contributed by atoms with Crippen molar-refractivity contribution in [3.8, 4) is 28.3 Å². The van der Waals surface area contributed by atoms with E-state index in [1.54, 1.807) is 23.0 Å². The van der Waals surface area contributed by atoms with Gasteiger partial charge in [-0.3, -0.25) is 0 Å². The number of rotatable bonds is 3. The van der Waals surface area contributed by atoms with Crippen LogP contribution in [0.25, 0.3) is 39.3 Å². The van der Waals surface area contributed by atoms with Crippen LogP contribution in [0.5, 0.6) is 0 Å². The first-order chi connectivity index (χ1) is 13.3. The molecule has 0 saturated heterocycles. The second-order valence-electron chi connectivity index (χ2n) is 5.89. The monoisotopic (exact) mass is 356 g/mol. The molecule has 0 bridgehead atoms. The number of para-hydroxylation sites is 2. The fourth-order valence-corrected chi connectivity index (χ4v) is 2.95. The lowest BCUT2D eigenvalue weighted by molar-refractivity contribution is 0.563. The molecular weight excluding hydrogens is 344 g/mol. The molecule has 2 aromatic carbocycles. The zero-order chi connectivity index (χ0) is 18.2. The summed E-state index contributed by atoms with van der Waals surface area (Å²) in [5.74, 6) is 0.347. The van der Waals surface area contributed by atoms with Gasteiger partial charge < -0.3 is 4.42 Å². The first-order valence-electron chi connectivity index (χ1n) is 8.22. The molecule has 5 aromatic rings. The fraction of sp³-hybridized carbons (Fsp3) is 0. The van der Waals surface area contributed by atoms with Crippen LogP contribution in [0.1, 0.15) is 0 Å². The second-order valence-corrected chi connectivity index (χ2v) is 5.89. The quantitative estimate of drug-likeness (QED) is 0.499. The van der Waals surface area contributed by atoms with E-state index in [4.69, 9.17) is 4.42 Å². The van der Waals surface area contributed by atoms with E-state index in [-0.39, 0.29) is 0 Å². The highest BCUT2D eigenvalue weighted by Gasteiger charge is 2.20. The largest absolute Gasteiger partial charge is 0.422 e. The Labute approximate surface area is 152 Å². The van der Waals surface area contributed by atoms with Crippen molar-refractivity contribution < 1.29 is 4.42 Å². The molecule has 130 valence electrons. The van der Waals surface area contributed by atoms with Gasteiger partial charge in [-0.25, -0.2) is 9.48 Å². The van der Waals surface area contributed by atoms with Crippen molar-refractivity contribution in [1.29, 1.82) is 0 Å². The molecule has 0 unspecified atom stereocenters. The molecule has 8 heteroatoms. The highest BCUT2D eigenvalue weighted by atomic mass is 16.4. The summed E-state index contributed by atoms with van der Waals surface area (Å²) in [6, 6.07) is 18.7. The summed E-state index contributed by atoms with van der Waals surface area (Å²) < 4.78 is 7.14. The Balaban J connectivity index is 1.77.